The number of ether oxygens (including phenoxy) is 2. The minimum atomic E-state index is -4.45. The normalized spacial score (nSPS) is 11.5. The fourth-order valence-electron chi connectivity index (χ4n) is 2.72. The Morgan fingerprint density at radius 2 is 1.71 bits per heavy atom. The molecule has 0 bridgehead atoms. The molecule has 0 aliphatic heterocycles. The highest BCUT2D eigenvalue weighted by atomic mass is 19.4. The number of methoxy groups -OCH3 is 2. The molecule has 3 aromatic rings. The second-order valence-electron chi connectivity index (χ2n) is 6.09. The Labute approximate surface area is 160 Å². The van der Waals surface area contributed by atoms with Crippen molar-refractivity contribution in [3.05, 3.63) is 71.5 Å². The molecule has 3 rings (SSSR count). The van der Waals surface area contributed by atoms with E-state index >= 15 is 0 Å². The van der Waals surface area contributed by atoms with Crippen LogP contribution in [0, 0.1) is 0 Å². The number of benzene rings is 2. The van der Waals surface area contributed by atoms with E-state index in [-0.39, 0.29) is 0 Å². The number of aromatic nitrogens is 2. The molecular formula is C20H20F3N3O2. The van der Waals surface area contributed by atoms with E-state index in [1.54, 1.807) is 26.4 Å². The van der Waals surface area contributed by atoms with E-state index in [1.165, 1.54) is 10.9 Å². The van der Waals surface area contributed by atoms with Crippen molar-refractivity contribution in [2.75, 3.05) is 14.2 Å². The van der Waals surface area contributed by atoms with Gasteiger partial charge in [-0.1, -0.05) is 18.2 Å². The second kappa shape index (κ2) is 8.35. The lowest BCUT2D eigenvalue weighted by molar-refractivity contribution is -0.141. The molecule has 0 saturated heterocycles. The Bertz CT molecular complexity index is 921. The van der Waals surface area contributed by atoms with Crippen LogP contribution in [0.25, 0.3) is 5.69 Å². The molecule has 0 amide bonds. The average molecular weight is 391 g/mol. The first-order valence-electron chi connectivity index (χ1n) is 8.54. The highest BCUT2D eigenvalue weighted by molar-refractivity contribution is 5.40. The van der Waals surface area contributed by atoms with Gasteiger partial charge in [-0.3, -0.25) is 0 Å². The first kappa shape index (κ1) is 19.8. The van der Waals surface area contributed by atoms with Crippen LogP contribution in [0.3, 0.4) is 0 Å². The summed E-state index contributed by atoms with van der Waals surface area (Å²) in [5.41, 5.74) is 1.65. The summed E-state index contributed by atoms with van der Waals surface area (Å²) in [4.78, 5) is 0. The standard InChI is InChI=1S/C20H20F3N3O2/c1-27-17-8-5-15(18(11-17)28-2)13-24-12-14-3-6-16(7-4-14)26-10-9-19(25-26)20(21,22)23/h3-11,24H,12-13H2,1-2H3. The third-order valence-electron chi connectivity index (χ3n) is 4.22. The molecule has 0 saturated carbocycles. The van der Waals surface area contributed by atoms with Gasteiger partial charge in [-0.05, 0) is 29.8 Å². The summed E-state index contributed by atoms with van der Waals surface area (Å²) in [7, 11) is 3.21. The Morgan fingerprint density at radius 1 is 0.964 bits per heavy atom. The highest BCUT2D eigenvalue weighted by Crippen LogP contribution is 2.28. The summed E-state index contributed by atoms with van der Waals surface area (Å²) >= 11 is 0. The van der Waals surface area contributed by atoms with Crippen LogP contribution in [-0.2, 0) is 19.3 Å². The topological polar surface area (TPSA) is 48.3 Å². The number of hydrogen-bond acceptors (Lipinski definition) is 4. The minimum Gasteiger partial charge on any atom is -0.497 e. The molecule has 0 aliphatic rings. The quantitative estimate of drug-likeness (QED) is 0.656. The maximum atomic E-state index is 12.7. The van der Waals surface area contributed by atoms with Gasteiger partial charge in [-0.15, -0.1) is 0 Å². The molecule has 5 nitrogen and oxygen atoms in total. The van der Waals surface area contributed by atoms with Crippen molar-refractivity contribution < 1.29 is 22.6 Å². The predicted octanol–water partition coefficient (Wildman–Crippen LogP) is 4.20. The number of rotatable bonds is 7. The maximum absolute atomic E-state index is 12.7. The number of hydrogen-bond donors (Lipinski definition) is 1. The summed E-state index contributed by atoms with van der Waals surface area (Å²) in [6, 6.07) is 13.8. The highest BCUT2D eigenvalue weighted by Gasteiger charge is 2.33. The maximum Gasteiger partial charge on any atom is 0.435 e. The number of halogens is 3. The molecule has 1 N–H and O–H groups in total. The Morgan fingerprint density at radius 3 is 2.32 bits per heavy atom. The summed E-state index contributed by atoms with van der Waals surface area (Å²) in [6.45, 7) is 1.20. The van der Waals surface area contributed by atoms with E-state index in [1.807, 2.05) is 30.3 Å². The summed E-state index contributed by atoms with van der Waals surface area (Å²) in [5.74, 6) is 1.46. The predicted molar refractivity (Wildman–Crippen MR) is 98.7 cm³/mol. The molecular weight excluding hydrogens is 371 g/mol. The summed E-state index contributed by atoms with van der Waals surface area (Å²) in [5, 5.41) is 6.89. The van der Waals surface area contributed by atoms with Gasteiger partial charge in [0.15, 0.2) is 5.69 Å². The molecule has 2 aromatic carbocycles. The van der Waals surface area contributed by atoms with Gasteiger partial charge in [0, 0.05) is 30.9 Å². The molecule has 148 valence electrons. The molecule has 8 heteroatoms. The number of alkyl halides is 3. The molecule has 1 heterocycles. The van der Waals surface area contributed by atoms with Crippen LogP contribution in [0.4, 0.5) is 13.2 Å². The Kier molecular flexibility index (Phi) is 5.89. The van der Waals surface area contributed by atoms with Gasteiger partial charge < -0.3 is 14.8 Å². The van der Waals surface area contributed by atoms with Crippen LogP contribution < -0.4 is 14.8 Å². The van der Waals surface area contributed by atoms with Gasteiger partial charge in [0.05, 0.1) is 19.9 Å². The van der Waals surface area contributed by atoms with E-state index in [2.05, 4.69) is 10.4 Å². The van der Waals surface area contributed by atoms with Crippen molar-refractivity contribution in [2.24, 2.45) is 0 Å². The van der Waals surface area contributed by atoms with Crippen molar-refractivity contribution in [3.8, 4) is 17.2 Å². The van der Waals surface area contributed by atoms with Gasteiger partial charge in [0.1, 0.15) is 11.5 Å². The van der Waals surface area contributed by atoms with Crippen LogP contribution >= 0.6 is 0 Å². The Hall–Kier alpha value is -3.00. The van der Waals surface area contributed by atoms with Crippen molar-refractivity contribution in [3.63, 3.8) is 0 Å². The van der Waals surface area contributed by atoms with Gasteiger partial charge in [-0.25, -0.2) is 4.68 Å². The lowest BCUT2D eigenvalue weighted by Gasteiger charge is -2.11. The van der Waals surface area contributed by atoms with Crippen LogP contribution in [0.1, 0.15) is 16.8 Å². The van der Waals surface area contributed by atoms with E-state index in [4.69, 9.17) is 9.47 Å². The van der Waals surface area contributed by atoms with E-state index in [9.17, 15) is 13.2 Å². The molecule has 0 atom stereocenters. The van der Waals surface area contributed by atoms with Crippen LogP contribution in [-0.4, -0.2) is 24.0 Å². The van der Waals surface area contributed by atoms with Crippen LogP contribution in [0.2, 0.25) is 0 Å². The van der Waals surface area contributed by atoms with Gasteiger partial charge in [0.2, 0.25) is 0 Å². The van der Waals surface area contributed by atoms with Crippen molar-refractivity contribution in [1.29, 1.82) is 0 Å². The molecule has 28 heavy (non-hydrogen) atoms. The van der Waals surface area contributed by atoms with Gasteiger partial charge in [-0.2, -0.15) is 18.3 Å². The average Bonchev–Trinajstić information content (AvgIpc) is 3.19. The van der Waals surface area contributed by atoms with E-state index < -0.39 is 11.9 Å². The van der Waals surface area contributed by atoms with Crippen molar-refractivity contribution >= 4 is 0 Å². The lowest BCUT2D eigenvalue weighted by Crippen LogP contribution is -2.13. The summed E-state index contributed by atoms with van der Waals surface area (Å²) < 4.78 is 49.7. The summed E-state index contributed by atoms with van der Waals surface area (Å²) in [6.07, 6.45) is -3.15. The Balaban J connectivity index is 1.60. The van der Waals surface area contributed by atoms with Crippen LogP contribution in [0.5, 0.6) is 11.5 Å². The fourth-order valence-corrected chi connectivity index (χ4v) is 2.72. The molecule has 0 spiro atoms. The smallest absolute Gasteiger partial charge is 0.435 e. The van der Waals surface area contributed by atoms with Gasteiger partial charge >= 0.3 is 6.18 Å². The number of nitrogens with zero attached hydrogens (tertiary/aromatic N) is 2. The molecule has 0 aliphatic carbocycles. The lowest BCUT2D eigenvalue weighted by atomic mass is 10.1. The molecule has 0 fully saturated rings. The zero-order valence-corrected chi connectivity index (χ0v) is 15.5. The first-order chi connectivity index (χ1) is 13.4. The zero-order chi connectivity index (χ0) is 20.1. The molecule has 1 aromatic heterocycles. The third kappa shape index (κ3) is 4.64. The molecule has 0 radical (unpaired) electrons. The van der Waals surface area contributed by atoms with Crippen molar-refractivity contribution in [2.45, 2.75) is 19.3 Å². The molecule has 0 unspecified atom stereocenters. The third-order valence-corrected chi connectivity index (χ3v) is 4.22. The van der Waals surface area contributed by atoms with Crippen molar-refractivity contribution in [1.82, 2.24) is 15.1 Å². The van der Waals surface area contributed by atoms with Gasteiger partial charge in [0.25, 0.3) is 0 Å². The van der Waals surface area contributed by atoms with E-state index in [0.29, 0.717) is 18.8 Å². The first-order valence-corrected chi connectivity index (χ1v) is 8.54. The number of nitrogens with one attached hydrogen (secondary N) is 1. The van der Waals surface area contributed by atoms with Crippen LogP contribution in [0.15, 0.2) is 54.7 Å². The van der Waals surface area contributed by atoms with E-state index in [0.717, 1.165) is 28.7 Å². The SMILES string of the molecule is COc1ccc(CNCc2ccc(-n3ccc(C(F)(F)F)n3)cc2)c(OC)c1. The largest absolute Gasteiger partial charge is 0.497 e. The zero-order valence-electron chi connectivity index (χ0n) is 15.5. The monoisotopic (exact) mass is 391 g/mol. The second-order valence-corrected chi connectivity index (χ2v) is 6.09. The fraction of sp³-hybridized carbons (Fsp3) is 0.250. The minimum absolute atomic E-state index is 0.566.